The van der Waals surface area contributed by atoms with Gasteiger partial charge in [0.05, 0.1) is 25.9 Å². The van der Waals surface area contributed by atoms with E-state index < -0.39 is 11.8 Å². The molecule has 2 fully saturated rings. The monoisotopic (exact) mass is 350 g/mol. The second kappa shape index (κ2) is 7.17. The van der Waals surface area contributed by atoms with Gasteiger partial charge in [-0.3, -0.25) is 4.79 Å². The summed E-state index contributed by atoms with van der Waals surface area (Å²) in [5.74, 6) is -1.13. The molecule has 2 aliphatic rings. The zero-order valence-corrected chi connectivity index (χ0v) is 15.1. The predicted octanol–water partition coefficient (Wildman–Crippen LogP) is 2.09. The fourth-order valence-corrected chi connectivity index (χ4v) is 3.86. The number of aryl methyl sites for hydroxylation is 1. The molecule has 1 aliphatic heterocycles. The molecule has 1 spiro atoms. The van der Waals surface area contributed by atoms with Gasteiger partial charge in [-0.05, 0) is 25.3 Å². The first-order chi connectivity index (χ1) is 12.0. The predicted molar refractivity (Wildman–Crippen MR) is 90.6 cm³/mol. The zero-order chi connectivity index (χ0) is 18.0. The first-order valence-electron chi connectivity index (χ1n) is 8.88. The number of hydrogen-bond acceptors (Lipinski definition) is 5. The SMILES string of the molecule is CCCc1c(C(=O)N[C@H]2CCC3(C2)OCCO3)[nH]c(C)c1C(=O)OC. The second-order valence-electron chi connectivity index (χ2n) is 6.74. The molecule has 1 aliphatic carbocycles. The summed E-state index contributed by atoms with van der Waals surface area (Å²) < 4.78 is 16.3. The van der Waals surface area contributed by atoms with E-state index in [2.05, 4.69) is 10.3 Å². The summed E-state index contributed by atoms with van der Waals surface area (Å²) in [5, 5.41) is 3.06. The molecule has 0 bridgehead atoms. The van der Waals surface area contributed by atoms with E-state index in [-0.39, 0.29) is 11.9 Å². The zero-order valence-electron chi connectivity index (χ0n) is 15.1. The van der Waals surface area contributed by atoms with Gasteiger partial charge in [0.1, 0.15) is 5.69 Å². The summed E-state index contributed by atoms with van der Waals surface area (Å²) in [6, 6.07) is 0.00487. The Balaban J connectivity index is 1.77. The van der Waals surface area contributed by atoms with E-state index in [4.69, 9.17) is 14.2 Å². The number of carbonyl (C=O) groups is 2. The Bertz CT molecular complexity index is 661. The van der Waals surface area contributed by atoms with Gasteiger partial charge in [-0.25, -0.2) is 4.79 Å². The number of carbonyl (C=O) groups excluding carboxylic acids is 2. The second-order valence-corrected chi connectivity index (χ2v) is 6.74. The van der Waals surface area contributed by atoms with Crippen molar-refractivity contribution < 1.29 is 23.8 Å². The van der Waals surface area contributed by atoms with Gasteiger partial charge in [0.2, 0.25) is 0 Å². The number of hydrogen-bond donors (Lipinski definition) is 2. The molecule has 2 N–H and O–H groups in total. The molecule has 1 atom stereocenters. The number of amides is 1. The van der Waals surface area contributed by atoms with Crippen LogP contribution < -0.4 is 5.32 Å². The van der Waals surface area contributed by atoms with Crippen LogP contribution in [0.15, 0.2) is 0 Å². The molecule has 138 valence electrons. The third kappa shape index (κ3) is 3.43. The number of aromatic amines is 1. The Labute approximate surface area is 147 Å². The topological polar surface area (TPSA) is 89.7 Å². The van der Waals surface area contributed by atoms with E-state index in [0.29, 0.717) is 43.0 Å². The average Bonchev–Trinajstić information content (AvgIpc) is 3.29. The van der Waals surface area contributed by atoms with Gasteiger partial charge in [-0.2, -0.15) is 0 Å². The van der Waals surface area contributed by atoms with Crippen molar-refractivity contribution in [2.24, 2.45) is 0 Å². The largest absolute Gasteiger partial charge is 0.465 e. The minimum absolute atomic E-state index is 0.00487. The van der Waals surface area contributed by atoms with Crippen molar-refractivity contribution in [3.63, 3.8) is 0 Å². The summed E-state index contributed by atoms with van der Waals surface area (Å²) in [6.45, 7) is 5.02. The first kappa shape index (κ1) is 17.9. The van der Waals surface area contributed by atoms with Crippen LogP contribution in [0.2, 0.25) is 0 Å². The van der Waals surface area contributed by atoms with E-state index in [0.717, 1.165) is 24.8 Å². The highest BCUT2D eigenvalue weighted by Crippen LogP contribution is 2.37. The van der Waals surface area contributed by atoms with E-state index >= 15 is 0 Å². The van der Waals surface area contributed by atoms with E-state index in [1.165, 1.54) is 7.11 Å². The van der Waals surface area contributed by atoms with Crippen molar-refractivity contribution >= 4 is 11.9 Å². The van der Waals surface area contributed by atoms with Gasteiger partial charge in [-0.1, -0.05) is 13.3 Å². The molecule has 1 saturated carbocycles. The molecular weight excluding hydrogens is 324 g/mol. The van der Waals surface area contributed by atoms with Crippen molar-refractivity contribution in [3.8, 4) is 0 Å². The summed E-state index contributed by atoms with van der Waals surface area (Å²) in [4.78, 5) is 27.9. The third-order valence-corrected chi connectivity index (χ3v) is 4.99. The molecule has 0 unspecified atom stereocenters. The molecule has 1 amide bonds. The summed E-state index contributed by atoms with van der Waals surface area (Å²) >= 11 is 0. The van der Waals surface area contributed by atoms with Crippen molar-refractivity contribution in [3.05, 3.63) is 22.5 Å². The number of H-pyrrole nitrogens is 1. The Kier molecular flexibility index (Phi) is 5.15. The summed E-state index contributed by atoms with van der Waals surface area (Å²) in [6.07, 6.45) is 3.73. The quantitative estimate of drug-likeness (QED) is 0.794. The van der Waals surface area contributed by atoms with Crippen LogP contribution in [0.3, 0.4) is 0 Å². The Morgan fingerprint density at radius 3 is 2.72 bits per heavy atom. The van der Waals surface area contributed by atoms with Crippen LogP contribution in [0.1, 0.15) is 64.7 Å². The summed E-state index contributed by atoms with van der Waals surface area (Å²) in [5.41, 5.74) is 2.31. The van der Waals surface area contributed by atoms with Crippen LogP contribution in [-0.4, -0.2) is 49.0 Å². The molecule has 7 nitrogen and oxygen atoms in total. The maximum atomic E-state index is 12.8. The molecule has 25 heavy (non-hydrogen) atoms. The molecule has 1 aromatic heterocycles. The van der Waals surface area contributed by atoms with E-state index in [9.17, 15) is 9.59 Å². The van der Waals surface area contributed by atoms with Crippen LogP contribution in [0.5, 0.6) is 0 Å². The summed E-state index contributed by atoms with van der Waals surface area (Å²) in [7, 11) is 1.35. The number of nitrogens with one attached hydrogen (secondary N) is 2. The molecule has 1 aromatic rings. The molecular formula is C18H26N2O5. The van der Waals surface area contributed by atoms with Crippen LogP contribution in [0, 0.1) is 6.92 Å². The molecule has 3 rings (SSSR count). The van der Waals surface area contributed by atoms with Gasteiger partial charge in [-0.15, -0.1) is 0 Å². The number of rotatable bonds is 5. The fourth-order valence-electron chi connectivity index (χ4n) is 3.86. The van der Waals surface area contributed by atoms with Gasteiger partial charge < -0.3 is 24.5 Å². The van der Waals surface area contributed by atoms with Crippen LogP contribution >= 0.6 is 0 Å². The van der Waals surface area contributed by atoms with Crippen LogP contribution in [-0.2, 0) is 20.6 Å². The molecule has 2 heterocycles. The van der Waals surface area contributed by atoms with E-state index in [1.807, 2.05) is 6.92 Å². The lowest BCUT2D eigenvalue weighted by molar-refractivity contribution is -0.151. The van der Waals surface area contributed by atoms with Gasteiger partial charge in [0, 0.05) is 24.6 Å². The first-order valence-corrected chi connectivity index (χ1v) is 8.88. The van der Waals surface area contributed by atoms with E-state index in [1.54, 1.807) is 6.92 Å². The van der Waals surface area contributed by atoms with Crippen molar-refractivity contribution in [2.45, 2.75) is 57.8 Å². The smallest absolute Gasteiger partial charge is 0.339 e. The minimum atomic E-state index is -0.521. The van der Waals surface area contributed by atoms with Gasteiger partial charge in [0.25, 0.3) is 5.91 Å². The number of ether oxygens (including phenoxy) is 3. The molecule has 1 saturated heterocycles. The van der Waals surface area contributed by atoms with Crippen molar-refractivity contribution in [2.75, 3.05) is 20.3 Å². The maximum absolute atomic E-state index is 12.8. The standard InChI is InChI=1S/C18H26N2O5/c1-4-5-13-14(17(22)23-3)11(2)19-15(13)16(21)20-12-6-7-18(10-12)24-8-9-25-18/h12,19H,4-10H2,1-3H3,(H,20,21)/t12-/m0/s1. The highest BCUT2D eigenvalue weighted by Gasteiger charge is 2.44. The van der Waals surface area contributed by atoms with Crippen LogP contribution in [0.25, 0.3) is 0 Å². The maximum Gasteiger partial charge on any atom is 0.339 e. The highest BCUT2D eigenvalue weighted by atomic mass is 16.7. The third-order valence-electron chi connectivity index (χ3n) is 4.99. The lowest BCUT2D eigenvalue weighted by Crippen LogP contribution is -2.36. The normalized spacial score (nSPS) is 21.6. The number of esters is 1. The Morgan fingerprint density at radius 2 is 2.08 bits per heavy atom. The van der Waals surface area contributed by atoms with Crippen molar-refractivity contribution in [1.29, 1.82) is 0 Å². The molecule has 0 aromatic carbocycles. The van der Waals surface area contributed by atoms with Crippen LogP contribution in [0.4, 0.5) is 0 Å². The Hall–Kier alpha value is -1.86. The van der Waals surface area contributed by atoms with Gasteiger partial charge >= 0.3 is 5.97 Å². The number of aromatic nitrogens is 1. The Morgan fingerprint density at radius 1 is 1.36 bits per heavy atom. The molecule has 0 radical (unpaired) electrons. The lowest BCUT2D eigenvalue weighted by atomic mass is 10.0. The van der Waals surface area contributed by atoms with Gasteiger partial charge in [0.15, 0.2) is 5.79 Å². The lowest BCUT2D eigenvalue weighted by Gasteiger charge is -2.21. The van der Waals surface area contributed by atoms with Crippen molar-refractivity contribution in [1.82, 2.24) is 10.3 Å². The highest BCUT2D eigenvalue weighted by molar-refractivity contribution is 6.00. The minimum Gasteiger partial charge on any atom is -0.465 e. The average molecular weight is 350 g/mol. The fraction of sp³-hybridized carbons (Fsp3) is 0.667. The molecule has 7 heteroatoms. The number of methoxy groups -OCH3 is 1.